The molecule has 118 valence electrons. The zero-order valence-corrected chi connectivity index (χ0v) is 13.6. The number of rotatable bonds is 7. The first-order valence-electron chi connectivity index (χ1n) is 7.26. The first-order chi connectivity index (χ1) is 9.75. The van der Waals surface area contributed by atoms with Crippen LogP contribution in [0.4, 0.5) is 0 Å². The Bertz CT molecular complexity index is 535. The average molecular weight is 294 g/mol. The van der Waals surface area contributed by atoms with Gasteiger partial charge in [0.15, 0.2) is 0 Å². The third-order valence-corrected chi connectivity index (χ3v) is 3.01. The van der Waals surface area contributed by atoms with Crippen molar-refractivity contribution < 1.29 is 4.79 Å². The summed E-state index contributed by atoms with van der Waals surface area (Å²) in [5, 5.41) is 7.00. The van der Waals surface area contributed by atoms with Crippen LogP contribution >= 0.6 is 0 Å². The van der Waals surface area contributed by atoms with Gasteiger partial charge in [-0.3, -0.25) is 9.59 Å². The predicted molar refractivity (Wildman–Crippen MR) is 83.5 cm³/mol. The number of hydrogen-bond acceptors (Lipinski definition) is 4. The molecule has 1 rings (SSSR count). The molecule has 6 nitrogen and oxygen atoms in total. The number of carbonyl (C=O) groups is 1. The molecular weight excluding hydrogens is 268 g/mol. The largest absolute Gasteiger partial charge is 0.350 e. The standard InChI is InChI=1S/C15H26N4O2/c1-6-9-19-13(20)8-7-12(17-19)14(21)16-10-15(2,3)11-18(4)5/h7-8H,6,9-11H2,1-5H3,(H,16,21). The summed E-state index contributed by atoms with van der Waals surface area (Å²) in [7, 11) is 4.01. The van der Waals surface area contributed by atoms with E-state index in [1.807, 2.05) is 21.0 Å². The summed E-state index contributed by atoms with van der Waals surface area (Å²) in [4.78, 5) is 25.8. The topological polar surface area (TPSA) is 67.2 Å². The molecule has 0 aliphatic heterocycles. The lowest BCUT2D eigenvalue weighted by molar-refractivity contribution is 0.0921. The summed E-state index contributed by atoms with van der Waals surface area (Å²) >= 11 is 0. The van der Waals surface area contributed by atoms with E-state index in [-0.39, 0.29) is 22.6 Å². The summed E-state index contributed by atoms with van der Waals surface area (Å²) in [6.45, 7) is 8.10. The lowest BCUT2D eigenvalue weighted by atomic mass is 9.93. The van der Waals surface area contributed by atoms with Crippen LogP contribution in [0.5, 0.6) is 0 Å². The minimum Gasteiger partial charge on any atom is -0.350 e. The van der Waals surface area contributed by atoms with Crippen molar-refractivity contribution in [1.29, 1.82) is 0 Å². The van der Waals surface area contributed by atoms with Crippen molar-refractivity contribution in [3.8, 4) is 0 Å². The molecule has 0 spiro atoms. The zero-order chi connectivity index (χ0) is 16.0. The first-order valence-corrected chi connectivity index (χ1v) is 7.26. The number of nitrogens with one attached hydrogen (secondary N) is 1. The summed E-state index contributed by atoms with van der Waals surface area (Å²) in [6, 6.07) is 2.87. The minimum absolute atomic E-state index is 0.0307. The second-order valence-electron chi connectivity index (χ2n) is 6.36. The molecule has 0 radical (unpaired) electrons. The van der Waals surface area contributed by atoms with Crippen molar-refractivity contribution >= 4 is 5.91 Å². The number of nitrogens with zero attached hydrogens (tertiary/aromatic N) is 3. The van der Waals surface area contributed by atoms with Crippen LogP contribution in [0, 0.1) is 5.41 Å². The van der Waals surface area contributed by atoms with E-state index in [1.165, 1.54) is 16.8 Å². The van der Waals surface area contributed by atoms with Gasteiger partial charge < -0.3 is 10.2 Å². The number of hydrogen-bond donors (Lipinski definition) is 1. The maximum absolute atomic E-state index is 12.1. The third kappa shape index (κ3) is 5.67. The predicted octanol–water partition coefficient (Wildman–Crippen LogP) is 0.971. The van der Waals surface area contributed by atoms with E-state index >= 15 is 0 Å². The van der Waals surface area contributed by atoms with Gasteiger partial charge in [0.25, 0.3) is 11.5 Å². The van der Waals surface area contributed by atoms with E-state index in [0.717, 1.165) is 13.0 Å². The summed E-state index contributed by atoms with van der Waals surface area (Å²) in [5.74, 6) is -0.244. The van der Waals surface area contributed by atoms with E-state index in [1.54, 1.807) is 0 Å². The molecule has 6 heteroatoms. The number of aromatic nitrogens is 2. The molecule has 1 aromatic rings. The molecule has 21 heavy (non-hydrogen) atoms. The Morgan fingerprint density at radius 3 is 2.62 bits per heavy atom. The first kappa shape index (κ1) is 17.4. The van der Waals surface area contributed by atoms with Gasteiger partial charge in [0.1, 0.15) is 5.69 Å². The van der Waals surface area contributed by atoms with Crippen molar-refractivity contribution in [1.82, 2.24) is 20.0 Å². The Morgan fingerprint density at radius 1 is 1.38 bits per heavy atom. The average Bonchev–Trinajstić information content (AvgIpc) is 2.37. The van der Waals surface area contributed by atoms with Gasteiger partial charge in [-0.05, 0) is 32.0 Å². The molecule has 0 atom stereocenters. The maximum atomic E-state index is 12.1. The van der Waals surface area contributed by atoms with E-state index in [0.29, 0.717) is 13.1 Å². The fourth-order valence-corrected chi connectivity index (χ4v) is 2.26. The van der Waals surface area contributed by atoms with Crippen LogP contribution in [-0.2, 0) is 6.54 Å². The number of carbonyl (C=O) groups excluding carboxylic acids is 1. The fraction of sp³-hybridized carbons (Fsp3) is 0.667. The van der Waals surface area contributed by atoms with Gasteiger partial charge in [-0.15, -0.1) is 0 Å². The molecule has 0 saturated heterocycles. The van der Waals surface area contributed by atoms with Gasteiger partial charge >= 0.3 is 0 Å². The molecule has 0 aliphatic carbocycles. The van der Waals surface area contributed by atoms with Crippen LogP contribution in [0.3, 0.4) is 0 Å². The third-order valence-electron chi connectivity index (χ3n) is 3.01. The number of aryl methyl sites for hydroxylation is 1. The Morgan fingerprint density at radius 2 is 2.05 bits per heavy atom. The minimum atomic E-state index is -0.244. The summed E-state index contributed by atoms with van der Waals surface area (Å²) in [6.07, 6.45) is 0.799. The Kier molecular flexibility index (Phi) is 6.08. The second-order valence-corrected chi connectivity index (χ2v) is 6.36. The van der Waals surface area contributed by atoms with Crippen LogP contribution in [-0.4, -0.2) is 47.8 Å². The molecule has 0 aliphatic rings. The Balaban J connectivity index is 2.72. The van der Waals surface area contributed by atoms with E-state index in [2.05, 4.69) is 29.2 Å². The normalized spacial score (nSPS) is 11.7. The molecule has 0 aromatic carbocycles. The van der Waals surface area contributed by atoms with Crippen LogP contribution in [0.2, 0.25) is 0 Å². The van der Waals surface area contributed by atoms with E-state index in [9.17, 15) is 9.59 Å². The molecule has 1 amide bonds. The van der Waals surface area contributed by atoms with Crippen molar-refractivity contribution in [2.75, 3.05) is 27.2 Å². The van der Waals surface area contributed by atoms with E-state index < -0.39 is 0 Å². The SMILES string of the molecule is CCCn1nc(C(=O)NCC(C)(C)CN(C)C)ccc1=O. The molecule has 0 fully saturated rings. The van der Waals surface area contributed by atoms with Crippen molar-refractivity contribution in [3.05, 3.63) is 28.2 Å². The lowest BCUT2D eigenvalue weighted by Crippen LogP contribution is -2.40. The molecule has 1 heterocycles. The van der Waals surface area contributed by atoms with Gasteiger partial charge in [0.2, 0.25) is 0 Å². The molecule has 0 bridgehead atoms. The Hall–Kier alpha value is -1.69. The second kappa shape index (κ2) is 7.36. The van der Waals surface area contributed by atoms with Crippen LogP contribution < -0.4 is 10.9 Å². The van der Waals surface area contributed by atoms with Gasteiger partial charge in [-0.2, -0.15) is 5.10 Å². The van der Waals surface area contributed by atoms with Gasteiger partial charge in [-0.25, -0.2) is 4.68 Å². The number of amides is 1. The zero-order valence-electron chi connectivity index (χ0n) is 13.6. The highest BCUT2D eigenvalue weighted by Crippen LogP contribution is 2.14. The van der Waals surface area contributed by atoms with Crippen LogP contribution in [0.25, 0.3) is 0 Å². The molecular formula is C15H26N4O2. The van der Waals surface area contributed by atoms with Crippen LogP contribution in [0.15, 0.2) is 16.9 Å². The van der Waals surface area contributed by atoms with Gasteiger partial charge in [-0.1, -0.05) is 20.8 Å². The summed E-state index contributed by atoms with van der Waals surface area (Å²) in [5.41, 5.74) is 0.0712. The fourth-order valence-electron chi connectivity index (χ4n) is 2.26. The van der Waals surface area contributed by atoms with Crippen molar-refractivity contribution in [2.45, 2.75) is 33.7 Å². The molecule has 1 aromatic heterocycles. The highest BCUT2D eigenvalue weighted by atomic mass is 16.2. The van der Waals surface area contributed by atoms with E-state index in [4.69, 9.17) is 0 Å². The van der Waals surface area contributed by atoms with Gasteiger partial charge in [0.05, 0.1) is 0 Å². The smallest absolute Gasteiger partial charge is 0.271 e. The highest BCUT2D eigenvalue weighted by molar-refractivity contribution is 5.92. The van der Waals surface area contributed by atoms with Crippen LogP contribution in [0.1, 0.15) is 37.7 Å². The lowest BCUT2D eigenvalue weighted by Gasteiger charge is -2.28. The summed E-state index contributed by atoms with van der Waals surface area (Å²) < 4.78 is 1.33. The highest BCUT2D eigenvalue weighted by Gasteiger charge is 2.20. The quantitative estimate of drug-likeness (QED) is 0.814. The van der Waals surface area contributed by atoms with Crippen molar-refractivity contribution in [2.24, 2.45) is 5.41 Å². The van der Waals surface area contributed by atoms with Gasteiger partial charge in [0, 0.05) is 25.7 Å². The molecule has 0 saturated carbocycles. The van der Waals surface area contributed by atoms with Crippen molar-refractivity contribution in [3.63, 3.8) is 0 Å². The Labute approximate surface area is 126 Å². The molecule has 1 N–H and O–H groups in total. The molecule has 0 unspecified atom stereocenters. The monoisotopic (exact) mass is 294 g/mol. The maximum Gasteiger partial charge on any atom is 0.271 e.